The number of amides is 1. The van der Waals surface area contributed by atoms with Crippen molar-refractivity contribution in [3.05, 3.63) is 60.2 Å². The number of nitrogens with zero attached hydrogens (tertiary/aromatic N) is 1. The van der Waals surface area contributed by atoms with E-state index in [2.05, 4.69) is 6.92 Å². The van der Waals surface area contributed by atoms with Crippen LogP contribution in [0.4, 0.5) is 0 Å². The Morgan fingerprint density at radius 2 is 1.76 bits per heavy atom. The molecule has 0 radical (unpaired) electrons. The van der Waals surface area contributed by atoms with Crippen molar-refractivity contribution in [1.82, 2.24) is 4.90 Å². The lowest BCUT2D eigenvalue weighted by atomic mass is 9.98. The van der Waals surface area contributed by atoms with E-state index in [0.717, 1.165) is 17.5 Å². The first kappa shape index (κ1) is 17.2. The van der Waals surface area contributed by atoms with Crippen molar-refractivity contribution < 1.29 is 14.3 Å². The highest BCUT2D eigenvalue weighted by Gasteiger charge is 2.36. The number of likely N-dealkylation sites (tertiary alicyclic amines) is 1. The summed E-state index contributed by atoms with van der Waals surface area (Å²) in [5.74, 6) is -0.292. The summed E-state index contributed by atoms with van der Waals surface area (Å²) < 4.78 is 5.34. The van der Waals surface area contributed by atoms with Gasteiger partial charge in [-0.25, -0.2) is 0 Å². The van der Waals surface area contributed by atoms with Crippen LogP contribution in [0.15, 0.2) is 54.6 Å². The number of esters is 1. The molecule has 3 rings (SSSR count). The number of carbonyl (C=O) groups excluding carboxylic acids is 2. The number of ether oxygens (including phenoxy) is 1. The maximum atomic E-state index is 13.2. The molecule has 1 amide bonds. The van der Waals surface area contributed by atoms with Crippen LogP contribution in [0.25, 0.3) is 11.1 Å². The Morgan fingerprint density at radius 3 is 2.44 bits per heavy atom. The molecule has 2 atom stereocenters. The van der Waals surface area contributed by atoms with Gasteiger partial charge in [-0.15, -0.1) is 0 Å². The summed E-state index contributed by atoms with van der Waals surface area (Å²) in [6, 6.07) is 17.7. The molecule has 0 spiro atoms. The standard InChI is InChI=1S/C21H23NO3/c1-3-17-13-18(25-15(2)23)14-22(17)21(24)20-12-8-7-11-19(20)16-9-5-4-6-10-16/h4-12,17-18H,3,13-14H2,1-2H3/t17-,18+/m1/s1. The van der Waals surface area contributed by atoms with Gasteiger partial charge in [0.15, 0.2) is 0 Å². The van der Waals surface area contributed by atoms with Crippen molar-refractivity contribution >= 4 is 11.9 Å². The molecule has 1 heterocycles. The zero-order valence-corrected chi connectivity index (χ0v) is 14.6. The monoisotopic (exact) mass is 337 g/mol. The summed E-state index contributed by atoms with van der Waals surface area (Å²) >= 11 is 0. The fourth-order valence-electron chi connectivity index (χ4n) is 3.52. The van der Waals surface area contributed by atoms with Crippen LogP contribution >= 0.6 is 0 Å². The van der Waals surface area contributed by atoms with Gasteiger partial charge in [-0.2, -0.15) is 0 Å². The Labute approximate surface area is 148 Å². The minimum atomic E-state index is -0.293. The highest BCUT2D eigenvalue weighted by atomic mass is 16.5. The molecular weight excluding hydrogens is 314 g/mol. The zero-order chi connectivity index (χ0) is 17.8. The normalized spacial score (nSPS) is 19.7. The van der Waals surface area contributed by atoms with Gasteiger partial charge in [0.05, 0.1) is 6.54 Å². The van der Waals surface area contributed by atoms with Crippen LogP contribution in [-0.4, -0.2) is 35.5 Å². The van der Waals surface area contributed by atoms with Crippen molar-refractivity contribution in [3.8, 4) is 11.1 Å². The van der Waals surface area contributed by atoms with Crippen molar-refractivity contribution in [2.24, 2.45) is 0 Å². The highest BCUT2D eigenvalue weighted by Crippen LogP contribution is 2.29. The molecule has 1 saturated heterocycles. The van der Waals surface area contributed by atoms with Gasteiger partial charge in [0.1, 0.15) is 6.10 Å². The lowest BCUT2D eigenvalue weighted by Crippen LogP contribution is -2.36. The van der Waals surface area contributed by atoms with Crippen molar-refractivity contribution in [3.63, 3.8) is 0 Å². The molecular formula is C21H23NO3. The largest absolute Gasteiger partial charge is 0.461 e. The third kappa shape index (κ3) is 3.73. The SMILES string of the molecule is CC[C@@H]1C[C@H](OC(C)=O)CN1C(=O)c1ccccc1-c1ccccc1. The minimum Gasteiger partial charge on any atom is -0.461 e. The third-order valence-electron chi connectivity index (χ3n) is 4.68. The van der Waals surface area contributed by atoms with Crippen molar-refractivity contribution in [2.45, 2.75) is 38.8 Å². The second-order valence-electron chi connectivity index (χ2n) is 6.40. The molecule has 1 aliphatic rings. The Kier molecular flexibility index (Phi) is 5.17. The highest BCUT2D eigenvalue weighted by molar-refractivity contribution is 6.01. The van der Waals surface area contributed by atoms with Crippen LogP contribution in [0.5, 0.6) is 0 Å². The van der Waals surface area contributed by atoms with Crippen LogP contribution in [0.1, 0.15) is 37.0 Å². The number of hydrogen-bond acceptors (Lipinski definition) is 3. The number of hydrogen-bond donors (Lipinski definition) is 0. The summed E-state index contributed by atoms with van der Waals surface area (Å²) in [6.45, 7) is 3.93. The van der Waals surface area contributed by atoms with E-state index >= 15 is 0 Å². The maximum absolute atomic E-state index is 13.2. The van der Waals surface area contributed by atoms with Gasteiger partial charge in [-0.1, -0.05) is 55.5 Å². The van der Waals surface area contributed by atoms with Gasteiger partial charge in [-0.05, 0) is 23.6 Å². The molecule has 0 aromatic heterocycles. The summed E-state index contributed by atoms with van der Waals surface area (Å²) in [4.78, 5) is 26.3. The summed E-state index contributed by atoms with van der Waals surface area (Å²) in [5.41, 5.74) is 2.64. The van der Waals surface area contributed by atoms with Crippen LogP contribution < -0.4 is 0 Å². The fourth-order valence-corrected chi connectivity index (χ4v) is 3.52. The molecule has 130 valence electrons. The first-order valence-electron chi connectivity index (χ1n) is 8.72. The molecule has 0 saturated carbocycles. The van der Waals surface area contributed by atoms with E-state index in [4.69, 9.17) is 4.74 Å². The van der Waals surface area contributed by atoms with E-state index in [1.165, 1.54) is 6.92 Å². The second-order valence-corrected chi connectivity index (χ2v) is 6.40. The zero-order valence-electron chi connectivity index (χ0n) is 14.6. The topological polar surface area (TPSA) is 46.6 Å². The molecule has 4 heteroatoms. The van der Waals surface area contributed by atoms with Gasteiger partial charge in [0, 0.05) is 24.9 Å². The molecule has 1 aliphatic heterocycles. The Bertz CT molecular complexity index is 757. The van der Waals surface area contributed by atoms with E-state index in [-0.39, 0.29) is 24.0 Å². The van der Waals surface area contributed by atoms with E-state index < -0.39 is 0 Å². The average Bonchev–Trinajstić information content (AvgIpc) is 3.04. The van der Waals surface area contributed by atoms with Gasteiger partial charge >= 0.3 is 5.97 Å². The second kappa shape index (κ2) is 7.51. The molecule has 4 nitrogen and oxygen atoms in total. The van der Waals surface area contributed by atoms with E-state index in [0.29, 0.717) is 18.5 Å². The molecule has 0 aliphatic carbocycles. The van der Waals surface area contributed by atoms with Gasteiger partial charge in [0.25, 0.3) is 5.91 Å². The molecule has 1 fully saturated rings. The molecule has 0 unspecified atom stereocenters. The van der Waals surface area contributed by atoms with Crippen LogP contribution in [0, 0.1) is 0 Å². The molecule has 0 N–H and O–H groups in total. The molecule has 2 aromatic rings. The minimum absolute atomic E-state index is 0.000884. The predicted molar refractivity (Wildman–Crippen MR) is 97.2 cm³/mol. The van der Waals surface area contributed by atoms with Crippen LogP contribution in [0.3, 0.4) is 0 Å². The van der Waals surface area contributed by atoms with E-state index in [1.807, 2.05) is 59.5 Å². The predicted octanol–water partition coefficient (Wildman–Crippen LogP) is 3.91. The van der Waals surface area contributed by atoms with Gasteiger partial charge < -0.3 is 9.64 Å². The lowest BCUT2D eigenvalue weighted by Gasteiger charge is -2.24. The number of carbonyl (C=O) groups is 2. The summed E-state index contributed by atoms with van der Waals surface area (Å²) in [5, 5.41) is 0. The van der Waals surface area contributed by atoms with Gasteiger partial charge in [-0.3, -0.25) is 9.59 Å². The van der Waals surface area contributed by atoms with Crippen molar-refractivity contribution in [1.29, 1.82) is 0 Å². The quantitative estimate of drug-likeness (QED) is 0.795. The summed E-state index contributed by atoms with van der Waals surface area (Å²) in [6.07, 6.45) is 1.34. The van der Waals surface area contributed by atoms with Crippen molar-refractivity contribution in [2.75, 3.05) is 6.54 Å². The first-order chi connectivity index (χ1) is 12.1. The van der Waals surface area contributed by atoms with E-state index in [9.17, 15) is 9.59 Å². The Morgan fingerprint density at radius 1 is 1.08 bits per heavy atom. The third-order valence-corrected chi connectivity index (χ3v) is 4.68. The average molecular weight is 337 g/mol. The smallest absolute Gasteiger partial charge is 0.302 e. The van der Waals surface area contributed by atoms with E-state index in [1.54, 1.807) is 0 Å². The maximum Gasteiger partial charge on any atom is 0.302 e. The number of rotatable bonds is 4. The summed E-state index contributed by atoms with van der Waals surface area (Å²) in [7, 11) is 0. The van der Waals surface area contributed by atoms with Gasteiger partial charge in [0.2, 0.25) is 0 Å². The Hall–Kier alpha value is -2.62. The molecule has 0 bridgehead atoms. The first-order valence-corrected chi connectivity index (χ1v) is 8.72. The lowest BCUT2D eigenvalue weighted by molar-refractivity contribution is -0.145. The molecule has 2 aromatic carbocycles. The molecule has 25 heavy (non-hydrogen) atoms. The fraction of sp³-hybridized carbons (Fsp3) is 0.333. The van der Waals surface area contributed by atoms with Crippen LogP contribution in [0.2, 0.25) is 0 Å². The Balaban J connectivity index is 1.89. The van der Waals surface area contributed by atoms with Crippen LogP contribution in [-0.2, 0) is 9.53 Å². The number of benzene rings is 2.